The van der Waals surface area contributed by atoms with Crippen LogP contribution in [0.15, 0.2) is 44.6 Å². The fourth-order valence-electron chi connectivity index (χ4n) is 2.10. The second-order valence-corrected chi connectivity index (χ2v) is 7.00. The van der Waals surface area contributed by atoms with Gasteiger partial charge >= 0.3 is 0 Å². The lowest BCUT2D eigenvalue weighted by molar-refractivity contribution is -0.119. The van der Waals surface area contributed by atoms with E-state index < -0.39 is 11.7 Å². The number of carbonyl (C=O) groups excluding carboxylic acids is 2. The number of nitrogens with one attached hydrogen (secondary N) is 2. The van der Waals surface area contributed by atoms with Crippen molar-refractivity contribution in [1.29, 1.82) is 0 Å². The molecule has 3 aromatic rings. The van der Waals surface area contributed by atoms with E-state index in [2.05, 4.69) is 31.5 Å². The van der Waals surface area contributed by atoms with Crippen molar-refractivity contribution in [3.63, 3.8) is 0 Å². The van der Waals surface area contributed by atoms with Crippen molar-refractivity contribution >= 4 is 44.2 Å². The van der Waals surface area contributed by atoms with Crippen LogP contribution in [0, 0.1) is 5.82 Å². The molecule has 6 nitrogen and oxygen atoms in total. The second kappa shape index (κ2) is 7.79. The number of carbonyl (C=O) groups is 2. The van der Waals surface area contributed by atoms with E-state index in [0.717, 1.165) is 0 Å². The summed E-state index contributed by atoms with van der Waals surface area (Å²) >= 11 is 4.41. The number of hydrogen-bond donors (Lipinski definition) is 2. The number of rotatable bonds is 5. The number of furan rings is 1. The van der Waals surface area contributed by atoms with Crippen molar-refractivity contribution in [3.8, 4) is 11.5 Å². The number of hydrogen-bond acceptors (Lipinski definition) is 5. The lowest BCUT2D eigenvalue weighted by Crippen LogP contribution is -2.18. The Balaban J connectivity index is 1.70. The van der Waals surface area contributed by atoms with Crippen LogP contribution in [0.5, 0.6) is 0 Å². The maximum absolute atomic E-state index is 13.1. The van der Waals surface area contributed by atoms with E-state index in [0.29, 0.717) is 38.9 Å². The zero-order chi connectivity index (χ0) is 18.7. The predicted octanol–water partition coefficient (Wildman–Crippen LogP) is 4.19. The van der Waals surface area contributed by atoms with Gasteiger partial charge in [0.1, 0.15) is 17.3 Å². The van der Waals surface area contributed by atoms with Crippen LogP contribution in [-0.2, 0) is 11.3 Å². The Bertz CT molecular complexity index is 970. The molecule has 2 aromatic heterocycles. The summed E-state index contributed by atoms with van der Waals surface area (Å²) < 4.78 is 19.1. The van der Waals surface area contributed by atoms with Crippen LogP contribution < -0.4 is 10.6 Å². The molecule has 9 heteroatoms. The Morgan fingerprint density at radius 1 is 1.31 bits per heavy atom. The molecule has 2 heterocycles. The van der Waals surface area contributed by atoms with Crippen molar-refractivity contribution in [2.45, 2.75) is 13.5 Å². The summed E-state index contributed by atoms with van der Waals surface area (Å²) in [5, 5.41) is 7.46. The largest absolute Gasteiger partial charge is 0.458 e. The SMILES string of the molecule is CC(=O)NCc1ccc(-c2csc(NC(=O)c3ccc(F)cc3Br)n2)o1. The summed E-state index contributed by atoms with van der Waals surface area (Å²) in [6.45, 7) is 1.72. The van der Waals surface area contributed by atoms with Gasteiger partial charge in [-0.2, -0.15) is 0 Å². The Labute approximate surface area is 160 Å². The molecule has 0 saturated carbocycles. The van der Waals surface area contributed by atoms with Crippen LogP contribution in [0.2, 0.25) is 0 Å². The summed E-state index contributed by atoms with van der Waals surface area (Å²) in [7, 11) is 0. The molecule has 134 valence electrons. The highest BCUT2D eigenvalue weighted by Gasteiger charge is 2.14. The first kappa shape index (κ1) is 18.3. The quantitative estimate of drug-likeness (QED) is 0.626. The number of halogens is 2. The predicted molar refractivity (Wildman–Crippen MR) is 99.4 cm³/mol. The van der Waals surface area contributed by atoms with Crippen LogP contribution in [-0.4, -0.2) is 16.8 Å². The minimum atomic E-state index is -0.433. The molecule has 0 aliphatic heterocycles. The Morgan fingerprint density at radius 2 is 2.12 bits per heavy atom. The Kier molecular flexibility index (Phi) is 5.48. The lowest BCUT2D eigenvalue weighted by Gasteiger charge is -2.04. The molecule has 0 fully saturated rings. The van der Waals surface area contributed by atoms with Gasteiger partial charge in [0.15, 0.2) is 10.9 Å². The second-order valence-electron chi connectivity index (χ2n) is 5.29. The summed E-state index contributed by atoms with van der Waals surface area (Å²) in [5.74, 6) is 0.157. The van der Waals surface area contributed by atoms with E-state index >= 15 is 0 Å². The van der Waals surface area contributed by atoms with Gasteiger partial charge in [-0.15, -0.1) is 11.3 Å². The summed E-state index contributed by atoms with van der Waals surface area (Å²) in [6, 6.07) is 7.32. The van der Waals surface area contributed by atoms with Crippen LogP contribution in [0.1, 0.15) is 23.0 Å². The monoisotopic (exact) mass is 437 g/mol. The molecule has 3 rings (SSSR count). The number of amides is 2. The standard InChI is InChI=1S/C17H13BrFN3O3S/c1-9(23)20-7-11-3-5-15(25-11)14-8-26-17(21-14)22-16(24)12-4-2-10(19)6-13(12)18/h2-6,8H,7H2,1H3,(H,20,23)(H,21,22,24). The minimum absolute atomic E-state index is 0.145. The summed E-state index contributed by atoms with van der Waals surface area (Å²) in [4.78, 5) is 27.5. The molecule has 0 aliphatic carbocycles. The van der Waals surface area contributed by atoms with Gasteiger partial charge < -0.3 is 9.73 Å². The van der Waals surface area contributed by atoms with Crippen LogP contribution in [0.4, 0.5) is 9.52 Å². The van der Waals surface area contributed by atoms with Gasteiger partial charge in [-0.25, -0.2) is 9.37 Å². The van der Waals surface area contributed by atoms with Crippen molar-refractivity contribution in [2.75, 3.05) is 5.32 Å². The average Bonchev–Trinajstić information content (AvgIpc) is 3.21. The van der Waals surface area contributed by atoms with Crippen molar-refractivity contribution in [3.05, 3.63) is 57.3 Å². The van der Waals surface area contributed by atoms with Gasteiger partial charge in [0.2, 0.25) is 5.91 Å². The molecule has 2 N–H and O–H groups in total. The number of anilines is 1. The molecule has 1 aromatic carbocycles. The molecule has 0 spiro atoms. The fraction of sp³-hybridized carbons (Fsp3) is 0.118. The number of nitrogens with zero attached hydrogens (tertiary/aromatic N) is 1. The molecule has 0 saturated heterocycles. The minimum Gasteiger partial charge on any atom is -0.458 e. The molecule has 0 unspecified atom stereocenters. The van der Waals surface area contributed by atoms with E-state index in [1.807, 2.05) is 0 Å². The molecule has 0 radical (unpaired) electrons. The van der Waals surface area contributed by atoms with Crippen molar-refractivity contribution in [1.82, 2.24) is 10.3 Å². The molecular weight excluding hydrogens is 425 g/mol. The van der Waals surface area contributed by atoms with Crippen LogP contribution >= 0.6 is 27.3 Å². The highest BCUT2D eigenvalue weighted by molar-refractivity contribution is 9.10. The third-order valence-electron chi connectivity index (χ3n) is 3.33. The van der Waals surface area contributed by atoms with Crippen LogP contribution in [0.3, 0.4) is 0 Å². The molecule has 26 heavy (non-hydrogen) atoms. The molecule has 0 aliphatic rings. The number of aromatic nitrogens is 1. The van der Waals surface area contributed by atoms with E-state index in [4.69, 9.17) is 4.42 Å². The Hall–Kier alpha value is -2.52. The normalized spacial score (nSPS) is 10.6. The summed E-state index contributed by atoms with van der Waals surface area (Å²) in [6.07, 6.45) is 0. The van der Waals surface area contributed by atoms with E-state index in [1.165, 1.54) is 36.5 Å². The van der Waals surface area contributed by atoms with E-state index in [9.17, 15) is 14.0 Å². The molecule has 2 amide bonds. The third-order valence-corrected chi connectivity index (χ3v) is 4.74. The van der Waals surface area contributed by atoms with E-state index in [1.54, 1.807) is 17.5 Å². The first-order valence-electron chi connectivity index (χ1n) is 7.48. The van der Waals surface area contributed by atoms with Crippen LogP contribution in [0.25, 0.3) is 11.5 Å². The van der Waals surface area contributed by atoms with Gasteiger partial charge in [-0.05, 0) is 46.3 Å². The highest BCUT2D eigenvalue weighted by Crippen LogP contribution is 2.27. The topological polar surface area (TPSA) is 84.2 Å². The van der Waals surface area contributed by atoms with Crippen molar-refractivity contribution < 1.29 is 18.4 Å². The highest BCUT2D eigenvalue weighted by atomic mass is 79.9. The zero-order valence-electron chi connectivity index (χ0n) is 13.5. The van der Waals surface area contributed by atoms with Gasteiger partial charge in [0.05, 0.1) is 12.1 Å². The third kappa shape index (κ3) is 4.36. The molecular formula is C17H13BrFN3O3S. The van der Waals surface area contributed by atoms with Gasteiger partial charge in [-0.3, -0.25) is 14.9 Å². The first-order chi connectivity index (χ1) is 12.4. The summed E-state index contributed by atoms with van der Waals surface area (Å²) in [5.41, 5.74) is 0.872. The van der Waals surface area contributed by atoms with Gasteiger partial charge in [0, 0.05) is 16.8 Å². The number of thiazole rings is 1. The maximum Gasteiger partial charge on any atom is 0.258 e. The average molecular weight is 438 g/mol. The Morgan fingerprint density at radius 3 is 2.85 bits per heavy atom. The van der Waals surface area contributed by atoms with Crippen molar-refractivity contribution in [2.24, 2.45) is 0 Å². The van der Waals surface area contributed by atoms with Gasteiger partial charge in [-0.1, -0.05) is 0 Å². The molecule has 0 atom stereocenters. The zero-order valence-corrected chi connectivity index (χ0v) is 15.9. The smallest absolute Gasteiger partial charge is 0.258 e. The first-order valence-corrected chi connectivity index (χ1v) is 9.15. The van der Waals surface area contributed by atoms with Gasteiger partial charge in [0.25, 0.3) is 5.91 Å². The lowest BCUT2D eigenvalue weighted by atomic mass is 10.2. The van der Waals surface area contributed by atoms with E-state index in [-0.39, 0.29) is 5.91 Å². The maximum atomic E-state index is 13.1. The molecule has 0 bridgehead atoms. The number of benzene rings is 1. The fourth-order valence-corrected chi connectivity index (χ4v) is 3.33.